The van der Waals surface area contributed by atoms with E-state index < -0.39 is 5.97 Å². The second-order valence-electron chi connectivity index (χ2n) is 4.54. The number of nitrogens with one attached hydrogen (secondary N) is 1. The fourth-order valence-electron chi connectivity index (χ4n) is 2.51. The van der Waals surface area contributed by atoms with Crippen molar-refractivity contribution in [3.63, 3.8) is 0 Å². The first-order valence-corrected chi connectivity index (χ1v) is 6.19. The maximum Gasteiger partial charge on any atom is 0.303 e. The highest BCUT2D eigenvalue weighted by molar-refractivity contribution is 5.66. The molecule has 1 aliphatic heterocycles. The molecule has 0 aromatic heterocycles. The van der Waals surface area contributed by atoms with Crippen LogP contribution in [0.25, 0.3) is 0 Å². The van der Waals surface area contributed by atoms with Gasteiger partial charge in [0.1, 0.15) is 0 Å². The number of carboxylic acids is 1. The van der Waals surface area contributed by atoms with Gasteiger partial charge in [-0.1, -0.05) is 19.8 Å². The lowest BCUT2D eigenvalue weighted by molar-refractivity contribution is -0.137. The molecule has 1 saturated heterocycles. The van der Waals surface area contributed by atoms with Gasteiger partial charge in [0.05, 0.1) is 0 Å². The Labute approximate surface area is 92.3 Å². The molecule has 1 rings (SSSR count). The molecule has 0 spiro atoms. The van der Waals surface area contributed by atoms with Crippen LogP contribution in [0.4, 0.5) is 0 Å². The average Bonchev–Trinajstić information content (AvgIpc) is 2.25. The molecule has 0 saturated carbocycles. The Bertz CT molecular complexity index is 188. The predicted molar refractivity (Wildman–Crippen MR) is 60.9 cm³/mol. The van der Waals surface area contributed by atoms with Crippen molar-refractivity contribution in [2.45, 2.75) is 57.9 Å². The van der Waals surface area contributed by atoms with Crippen molar-refractivity contribution in [2.75, 3.05) is 6.54 Å². The molecule has 2 N–H and O–H groups in total. The van der Waals surface area contributed by atoms with Gasteiger partial charge in [0.15, 0.2) is 0 Å². The van der Waals surface area contributed by atoms with Crippen molar-refractivity contribution >= 4 is 5.97 Å². The van der Waals surface area contributed by atoms with Gasteiger partial charge in [-0.15, -0.1) is 0 Å². The van der Waals surface area contributed by atoms with Crippen molar-refractivity contribution < 1.29 is 9.90 Å². The highest BCUT2D eigenvalue weighted by Gasteiger charge is 2.22. The number of hydrogen-bond donors (Lipinski definition) is 2. The molecule has 0 radical (unpaired) electrons. The topological polar surface area (TPSA) is 49.3 Å². The van der Waals surface area contributed by atoms with Gasteiger partial charge in [0.2, 0.25) is 0 Å². The average molecular weight is 213 g/mol. The van der Waals surface area contributed by atoms with E-state index in [1.54, 1.807) is 0 Å². The zero-order chi connectivity index (χ0) is 11.1. The van der Waals surface area contributed by atoms with Gasteiger partial charge in [-0.2, -0.15) is 0 Å². The van der Waals surface area contributed by atoms with Gasteiger partial charge in [0.25, 0.3) is 0 Å². The number of aliphatic carboxylic acids is 1. The van der Waals surface area contributed by atoms with Crippen LogP contribution in [-0.4, -0.2) is 23.7 Å². The van der Waals surface area contributed by atoms with Crippen molar-refractivity contribution in [2.24, 2.45) is 5.92 Å². The van der Waals surface area contributed by atoms with Crippen LogP contribution < -0.4 is 5.32 Å². The van der Waals surface area contributed by atoms with E-state index in [-0.39, 0.29) is 0 Å². The maximum absolute atomic E-state index is 10.6. The molecule has 1 heterocycles. The summed E-state index contributed by atoms with van der Waals surface area (Å²) in [5.41, 5.74) is 0. The van der Waals surface area contributed by atoms with E-state index in [1.807, 2.05) is 0 Å². The molecule has 3 heteroatoms. The van der Waals surface area contributed by atoms with Crippen LogP contribution in [0, 0.1) is 5.92 Å². The molecule has 0 aliphatic carbocycles. The number of hydrogen-bond acceptors (Lipinski definition) is 2. The smallest absolute Gasteiger partial charge is 0.303 e. The molecule has 0 aromatic carbocycles. The summed E-state index contributed by atoms with van der Waals surface area (Å²) in [5, 5.41) is 12.2. The zero-order valence-corrected chi connectivity index (χ0v) is 9.67. The normalized spacial score (nSPS) is 23.7. The lowest BCUT2D eigenvalue weighted by Crippen LogP contribution is -2.40. The monoisotopic (exact) mass is 213 g/mol. The third-order valence-corrected chi connectivity index (χ3v) is 3.31. The van der Waals surface area contributed by atoms with Crippen LogP contribution in [0.3, 0.4) is 0 Å². The van der Waals surface area contributed by atoms with E-state index >= 15 is 0 Å². The van der Waals surface area contributed by atoms with Crippen molar-refractivity contribution in [1.82, 2.24) is 5.32 Å². The molecule has 0 bridgehead atoms. The van der Waals surface area contributed by atoms with Gasteiger partial charge in [-0.05, 0) is 38.1 Å². The van der Waals surface area contributed by atoms with E-state index in [0.717, 1.165) is 25.8 Å². The number of rotatable bonds is 6. The summed E-state index contributed by atoms with van der Waals surface area (Å²) in [6.07, 6.45) is 7.26. The Balaban J connectivity index is 2.36. The Morgan fingerprint density at radius 2 is 2.27 bits per heavy atom. The van der Waals surface area contributed by atoms with Gasteiger partial charge < -0.3 is 10.4 Å². The van der Waals surface area contributed by atoms with E-state index in [1.165, 1.54) is 19.3 Å². The van der Waals surface area contributed by atoms with E-state index in [4.69, 9.17) is 5.11 Å². The molecule has 15 heavy (non-hydrogen) atoms. The van der Waals surface area contributed by atoms with E-state index in [2.05, 4.69) is 12.2 Å². The van der Waals surface area contributed by atoms with Crippen LogP contribution >= 0.6 is 0 Å². The van der Waals surface area contributed by atoms with Crippen LogP contribution in [0.15, 0.2) is 0 Å². The molecule has 0 amide bonds. The Morgan fingerprint density at radius 1 is 1.47 bits per heavy atom. The summed E-state index contributed by atoms with van der Waals surface area (Å²) >= 11 is 0. The van der Waals surface area contributed by atoms with E-state index in [0.29, 0.717) is 18.4 Å². The Hall–Kier alpha value is -0.570. The third kappa shape index (κ3) is 4.65. The highest BCUT2D eigenvalue weighted by Crippen LogP contribution is 2.23. The molecule has 3 nitrogen and oxygen atoms in total. The summed E-state index contributed by atoms with van der Waals surface area (Å²) in [5.74, 6) is -0.0988. The third-order valence-electron chi connectivity index (χ3n) is 3.31. The van der Waals surface area contributed by atoms with E-state index in [9.17, 15) is 4.79 Å². The van der Waals surface area contributed by atoms with Crippen LogP contribution in [0.1, 0.15) is 51.9 Å². The van der Waals surface area contributed by atoms with Gasteiger partial charge >= 0.3 is 5.97 Å². The summed E-state index contributed by atoms with van der Waals surface area (Å²) in [7, 11) is 0. The zero-order valence-electron chi connectivity index (χ0n) is 9.67. The molecule has 2 atom stereocenters. The SMILES string of the molecule is CCCC(CCC(=O)O)C1CCCCN1. The first kappa shape index (κ1) is 12.5. The van der Waals surface area contributed by atoms with Gasteiger partial charge in [0, 0.05) is 12.5 Å². The van der Waals surface area contributed by atoms with Gasteiger partial charge in [-0.3, -0.25) is 4.79 Å². The maximum atomic E-state index is 10.6. The lowest BCUT2D eigenvalue weighted by Gasteiger charge is -2.31. The molecular weight excluding hydrogens is 190 g/mol. The fraction of sp³-hybridized carbons (Fsp3) is 0.917. The largest absolute Gasteiger partial charge is 0.481 e. The molecule has 1 aliphatic rings. The predicted octanol–water partition coefficient (Wildman–Crippen LogP) is 2.41. The first-order chi connectivity index (χ1) is 7.24. The summed E-state index contributed by atoms with van der Waals surface area (Å²) < 4.78 is 0. The Morgan fingerprint density at radius 3 is 2.80 bits per heavy atom. The van der Waals surface area contributed by atoms with Crippen LogP contribution in [0.5, 0.6) is 0 Å². The standard InChI is InChI=1S/C12H23NO2/c1-2-5-10(7-8-12(14)15)11-6-3-4-9-13-11/h10-11,13H,2-9H2,1H3,(H,14,15). The summed E-state index contributed by atoms with van der Waals surface area (Å²) in [4.78, 5) is 10.6. The number of carboxylic acid groups (broad SMARTS) is 1. The van der Waals surface area contributed by atoms with Crippen molar-refractivity contribution in [3.8, 4) is 0 Å². The van der Waals surface area contributed by atoms with Crippen molar-refractivity contribution in [3.05, 3.63) is 0 Å². The van der Waals surface area contributed by atoms with Crippen molar-refractivity contribution in [1.29, 1.82) is 0 Å². The molecule has 88 valence electrons. The summed E-state index contributed by atoms with van der Waals surface area (Å²) in [6, 6.07) is 0.568. The fourth-order valence-corrected chi connectivity index (χ4v) is 2.51. The summed E-state index contributed by atoms with van der Waals surface area (Å²) in [6.45, 7) is 3.29. The Kier molecular flexibility index (Phi) is 5.69. The minimum Gasteiger partial charge on any atom is -0.481 e. The second kappa shape index (κ2) is 6.83. The highest BCUT2D eigenvalue weighted by atomic mass is 16.4. The molecule has 0 aromatic rings. The quantitative estimate of drug-likeness (QED) is 0.712. The molecule has 1 fully saturated rings. The number of piperidine rings is 1. The molecule has 2 unspecified atom stereocenters. The molecular formula is C12H23NO2. The lowest BCUT2D eigenvalue weighted by atomic mass is 9.85. The van der Waals surface area contributed by atoms with Crippen LogP contribution in [0.2, 0.25) is 0 Å². The van der Waals surface area contributed by atoms with Gasteiger partial charge in [-0.25, -0.2) is 0 Å². The number of carbonyl (C=O) groups is 1. The minimum absolute atomic E-state index is 0.322. The van der Waals surface area contributed by atoms with Crippen LogP contribution in [-0.2, 0) is 4.79 Å². The minimum atomic E-state index is -0.660. The second-order valence-corrected chi connectivity index (χ2v) is 4.54. The first-order valence-electron chi connectivity index (χ1n) is 6.19.